The molecule has 1 aliphatic rings. The maximum atomic E-state index is 12.0. The van der Waals surface area contributed by atoms with Gasteiger partial charge in [-0.15, -0.1) is 0 Å². The van der Waals surface area contributed by atoms with Crippen molar-refractivity contribution in [2.45, 2.75) is 27.7 Å². The van der Waals surface area contributed by atoms with Crippen LogP contribution in [0.1, 0.15) is 27.7 Å². The van der Waals surface area contributed by atoms with E-state index in [1.807, 2.05) is 13.8 Å². The first kappa shape index (κ1) is 15.2. The number of carbonyl (C=O) groups is 1. The first-order chi connectivity index (χ1) is 8.05. The molecule has 1 saturated carbocycles. The molecule has 0 aromatic heterocycles. The lowest BCUT2D eigenvalue weighted by Crippen LogP contribution is -2.31. The normalized spacial score (nSPS) is 25.4. The fourth-order valence-electron chi connectivity index (χ4n) is 2.32. The Labute approximate surface area is 110 Å². The molecule has 0 bridgehead atoms. The predicted molar refractivity (Wildman–Crippen MR) is 72.9 cm³/mol. The van der Waals surface area contributed by atoms with Crippen LogP contribution in [0.25, 0.3) is 0 Å². The van der Waals surface area contributed by atoms with Crippen LogP contribution in [0.5, 0.6) is 0 Å². The van der Waals surface area contributed by atoms with Crippen LogP contribution in [0.3, 0.4) is 0 Å². The van der Waals surface area contributed by atoms with Gasteiger partial charge in [-0.1, -0.05) is 25.5 Å². The average molecular weight is 273 g/mol. The van der Waals surface area contributed by atoms with Gasteiger partial charge in [-0.05, 0) is 25.2 Å². The van der Waals surface area contributed by atoms with Crippen LogP contribution in [0.4, 0.5) is 0 Å². The summed E-state index contributed by atoms with van der Waals surface area (Å²) >= 11 is 0. The molecule has 0 aromatic rings. The molecular weight excluding hydrogens is 250 g/mol. The Morgan fingerprint density at radius 1 is 1.33 bits per heavy atom. The van der Waals surface area contributed by atoms with Crippen LogP contribution in [-0.2, 0) is 14.6 Å². The molecular formula is C13H23NO3S. The molecule has 4 nitrogen and oxygen atoms in total. The quantitative estimate of drug-likeness (QED) is 0.770. The zero-order valence-electron chi connectivity index (χ0n) is 11.8. The summed E-state index contributed by atoms with van der Waals surface area (Å²) in [6.45, 7) is 8.38. The maximum Gasteiger partial charge on any atom is 0.224 e. The van der Waals surface area contributed by atoms with Crippen molar-refractivity contribution in [3.05, 3.63) is 11.6 Å². The van der Waals surface area contributed by atoms with E-state index in [1.54, 1.807) is 0 Å². The van der Waals surface area contributed by atoms with E-state index in [0.717, 1.165) is 0 Å². The van der Waals surface area contributed by atoms with Gasteiger partial charge >= 0.3 is 0 Å². The van der Waals surface area contributed by atoms with Crippen LogP contribution in [0, 0.1) is 17.3 Å². The Kier molecular flexibility index (Phi) is 4.26. The summed E-state index contributed by atoms with van der Waals surface area (Å²) in [5.74, 6) is 0.193. The molecule has 1 N–H and O–H groups in total. The van der Waals surface area contributed by atoms with Gasteiger partial charge in [-0.2, -0.15) is 0 Å². The van der Waals surface area contributed by atoms with Crippen molar-refractivity contribution in [2.24, 2.45) is 17.3 Å². The molecule has 0 aliphatic heterocycles. The first-order valence-corrected chi connectivity index (χ1v) is 8.22. The lowest BCUT2D eigenvalue weighted by Gasteiger charge is -2.05. The van der Waals surface area contributed by atoms with E-state index in [0.29, 0.717) is 0 Å². The van der Waals surface area contributed by atoms with Gasteiger partial charge in [0, 0.05) is 12.8 Å². The molecule has 0 aromatic carbocycles. The molecule has 5 heteroatoms. The number of rotatable bonds is 5. The van der Waals surface area contributed by atoms with E-state index in [9.17, 15) is 13.2 Å². The van der Waals surface area contributed by atoms with Crippen molar-refractivity contribution in [1.82, 2.24) is 5.32 Å². The topological polar surface area (TPSA) is 63.2 Å². The summed E-state index contributed by atoms with van der Waals surface area (Å²) in [4.78, 5) is 12.0. The Balaban J connectivity index is 2.52. The minimum Gasteiger partial charge on any atom is -0.355 e. The second-order valence-corrected chi connectivity index (χ2v) is 8.25. The van der Waals surface area contributed by atoms with Gasteiger partial charge in [0.15, 0.2) is 0 Å². The molecule has 18 heavy (non-hydrogen) atoms. The van der Waals surface area contributed by atoms with Gasteiger partial charge in [-0.25, -0.2) is 8.42 Å². The first-order valence-electron chi connectivity index (χ1n) is 6.16. The smallest absolute Gasteiger partial charge is 0.224 e. The summed E-state index contributed by atoms with van der Waals surface area (Å²) in [5.41, 5.74) is 1.19. The summed E-state index contributed by atoms with van der Waals surface area (Å²) in [5, 5.41) is 2.71. The van der Waals surface area contributed by atoms with E-state index >= 15 is 0 Å². The van der Waals surface area contributed by atoms with Crippen LogP contribution in [0.2, 0.25) is 0 Å². The minimum absolute atomic E-state index is 0.000794. The Hall–Kier alpha value is -0.840. The SMILES string of the molecule is CC(C)=C[C@H]1[C@H](C(=O)NCCS(C)(=O)=O)C1(C)C. The maximum absolute atomic E-state index is 12.0. The number of hydrogen-bond acceptors (Lipinski definition) is 3. The fourth-order valence-corrected chi connectivity index (χ4v) is 2.79. The molecule has 2 atom stereocenters. The van der Waals surface area contributed by atoms with Crippen molar-refractivity contribution in [3.8, 4) is 0 Å². The van der Waals surface area contributed by atoms with E-state index in [1.165, 1.54) is 11.8 Å². The Bertz CT molecular complexity index is 459. The van der Waals surface area contributed by atoms with E-state index < -0.39 is 9.84 Å². The molecule has 1 aliphatic carbocycles. The van der Waals surface area contributed by atoms with E-state index in [2.05, 4.69) is 25.2 Å². The lowest BCUT2D eigenvalue weighted by atomic mass is 10.1. The minimum atomic E-state index is -3.01. The number of nitrogens with one attached hydrogen (secondary N) is 1. The van der Waals surface area contributed by atoms with Gasteiger partial charge in [-0.3, -0.25) is 4.79 Å². The molecule has 0 spiro atoms. The number of amides is 1. The highest BCUT2D eigenvalue weighted by Crippen LogP contribution is 2.59. The van der Waals surface area contributed by atoms with E-state index in [-0.39, 0.29) is 35.5 Å². The van der Waals surface area contributed by atoms with Gasteiger partial charge in [0.2, 0.25) is 5.91 Å². The second-order valence-electron chi connectivity index (χ2n) is 5.99. The molecule has 0 heterocycles. The molecule has 104 valence electrons. The van der Waals surface area contributed by atoms with Crippen LogP contribution in [0.15, 0.2) is 11.6 Å². The molecule has 1 fully saturated rings. The van der Waals surface area contributed by atoms with Gasteiger partial charge in [0.25, 0.3) is 0 Å². The summed E-state index contributed by atoms with van der Waals surface area (Å²) in [6, 6.07) is 0. The molecule has 1 rings (SSSR count). The van der Waals surface area contributed by atoms with Crippen molar-refractivity contribution < 1.29 is 13.2 Å². The number of hydrogen-bond donors (Lipinski definition) is 1. The average Bonchev–Trinajstić information content (AvgIpc) is 2.64. The van der Waals surface area contributed by atoms with Crippen LogP contribution in [-0.4, -0.2) is 32.9 Å². The predicted octanol–water partition coefficient (Wildman–Crippen LogP) is 1.39. The monoisotopic (exact) mass is 273 g/mol. The fraction of sp³-hybridized carbons (Fsp3) is 0.769. The Morgan fingerprint density at radius 3 is 2.33 bits per heavy atom. The summed E-state index contributed by atoms with van der Waals surface area (Å²) in [7, 11) is -3.01. The van der Waals surface area contributed by atoms with Crippen molar-refractivity contribution in [1.29, 1.82) is 0 Å². The van der Waals surface area contributed by atoms with E-state index in [4.69, 9.17) is 0 Å². The third-order valence-electron chi connectivity index (χ3n) is 3.48. The zero-order valence-corrected chi connectivity index (χ0v) is 12.6. The van der Waals surface area contributed by atoms with Crippen LogP contribution < -0.4 is 5.32 Å². The van der Waals surface area contributed by atoms with Gasteiger partial charge in [0.05, 0.1) is 11.7 Å². The van der Waals surface area contributed by atoms with Gasteiger partial charge in [0.1, 0.15) is 9.84 Å². The zero-order chi connectivity index (χ0) is 14.1. The lowest BCUT2D eigenvalue weighted by molar-refractivity contribution is -0.123. The molecule has 1 amide bonds. The van der Waals surface area contributed by atoms with Crippen LogP contribution >= 0.6 is 0 Å². The third-order valence-corrected chi connectivity index (χ3v) is 4.42. The van der Waals surface area contributed by atoms with Gasteiger partial charge < -0.3 is 5.32 Å². The summed E-state index contributed by atoms with van der Waals surface area (Å²) in [6.07, 6.45) is 3.30. The highest BCUT2D eigenvalue weighted by Gasteiger charge is 2.60. The van der Waals surface area contributed by atoms with Crippen molar-refractivity contribution in [3.63, 3.8) is 0 Å². The Morgan fingerprint density at radius 2 is 1.89 bits per heavy atom. The molecule has 0 saturated heterocycles. The third kappa shape index (κ3) is 3.83. The standard InChI is InChI=1S/C13H23NO3S/c1-9(2)8-10-11(13(10,3)4)12(15)14-6-7-18(5,16)17/h8,10-11H,6-7H2,1-5H3,(H,14,15)/t10-,11+/m0/s1. The molecule has 0 radical (unpaired) electrons. The molecule has 0 unspecified atom stereocenters. The highest BCUT2D eigenvalue weighted by molar-refractivity contribution is 7.90. The number of carbonyl (C=O) groups excluding carboxylic acids is 1. The van der Waals surface area contributed by atoms with Crippen molar-refractivity contribution in [2.75, 3.05) is 18.6 Å². The largest absolute Gasteiger partial charge is 0.355 e. The number of allylic oxidation sites excluding steroid dienone is 2. The number of sulfone groups is 1. The van der Waals surface area contributed by atoms with Crippen molar-refractivity contribution >= 4 is 15.7 Å². The summed E-state index contributed by atoms with van der Waals surface area (Å²) < 4.78 is 21.9. The second kappa shape index (κ2) is 5.03. The highest BCUT2D eigenvalue weighted by atomic mass is 32.2.